The fourth-order valence-corrected chi connectivity index (χ4v) is 2.92. The molecule has 2 heterocycles. The van der Waals surface area contributed by atoms with E-state index in [1.807, 2.05) is 35.8 Å². The third-order valence-electron chi connectivity index (χ3n) is 4.03. The Morgan fingerprint density at radius 3 is 2.56 bits per heavy atom. The summed E-state index contributed by atoms with van der Waals surface area (Å²) in [6.45, 7) is 2.64. The molecule has 25 heavy (non-hydrogen) atoms. The standard InChI is InChI=1S/C18H15F2N5/c1-2-7-24-16-9-13(19)8-15(20)17(16)23-18(24)12-3-5-14(6-4-12)25-11-21-10-22-25/h3-6,8-11H,2,7H2,1H3. The highest BCUT2D eigenvalue weighted by Gasteiger charge is 2.16. The van der Waals surface area contributed by atoms with Crippen LogP contribution in [0.2, 0.25) is 0 Å². The van der Waals surface area contributed by atoms with E-state index in [-0.39, 0.29) is 5.52 Å². The number of nitrogens with zero attached hydrogens (tertiary/aromatic N) is 5. The van der Waals surface area contributed by atoms with E-state index in [4.69, 9.17) is 0 Å². The highest BCUT2D eigenvalue weighted by atomic mass is 19.1. The van der Waals surface area contributed by atoms with Crippen molar-refractivity contribution in [2.24, 2.45) is 0 Å². The van der Waals surface area contributed by atoms with Gasteiger partial charge >= 0.3 is 0 Å². The van der Waals surface area contributed by atoms with E-state index in [1.165, 1.54) is 12.4 Å². The SMILES string of the molecule is CCCn1c(-c2ccc(-n3cncn3)cc2)nc2c(F)cc(F)cc21. The van der Waals surface area contributed by atoms with Gasteiger partial charge in [0.2, 0.25) is 0 Å². The lowest BCUT2D eigenvalue weighted by Gasteiger charge is -2.08. The van der Waals surface area contributed by atoms with Crippen LogP contribution in [0, 0.1) is 11.6 Å². The molecule has 0 aliphatic rings. The van der Waals surface area contributed by atoms with E-state index in [0.29, 0.717) is 17.9 Å². The average molecular weight is 339 g/mol. The van der Waals surface area contributed by atoms with Crippen molar-refractivity contribution in [2.75, 3.05) is 0 Å². The van der Waals surface area contributed by atoms with Gasteiger partial charge in [0.15, 0.2) is 5.82 Å². The lowest BCUT2D eigenvalue weighted by molar-refractivity contribution is 0.589. The fourth-order valence-electron chi connectivity index (χ4n) is 2.92. The molecular weight excluding hydrogens is 324 g/mol. The van der Waals surface area contributed by atoms with Crippen molar-refractivity contribution in [1.29, 1.82) is 0 Å². The Labute approximate surface area is 142 Å². The van der Waals surface area contributed by atoms with Gasteiger partial charge in [-0.1, -0.05) is 6.92 Å². The van der Waals surface area contributed by atoms with Crippen LogP contribution in [-0.2, 0) is 6.54 Å². The molecule has 0 radical (unpaired) electrons. The van der Waals surface area contributed by atoms with Crippen LogP contribution in [0.5, 0.6) is 0 Å². The summed E-state index contributed by atoms with van der Waals surface area (Å²) in [4.78, 5) is 8.34. The molecule has 0 atom stereocenters. The first-order valence-electron chi connectivity index (χ1n) is 7.98. The fraction of sp³-hybridized carbons (Fsp3) is 0.167. The van der Waals surface area contributed by atoms with Crippen molar-refractivity contribution in [1.82, 2.24) is 24.3 Å². The van der Waals surface area contributed by atoms with Gasteiger partial charge in [-0.15, -0.1) is 0 Å². The van der Waals surface area contributed by atoms with Crippen molar-refractivity contribution in [3.05, 3.63) is 60.7 Å². The molecule has 0 saturated carbocycles. The monoisotopic (exact) mass is 339 g/mol. The molecule has 0 N–H and O–H groups in total. The van der Waals surface area contributed by atoms with E-state index < -0.39 is 11.6 Å². The third kappa shape index (κ3) is 2.67. The minimum absolute atomic E-state index is 0.185. The maximum absolute atomic E-state index is 14.1. The van der Waals surface area contributed by atoms with Crippen molar-refractivity contribution < 1.29 is 8.78 Å². The smallest absolute Gasteiger partial charge is 0.153 e. The molecule has 0 amide bonds. The average Bonchev–Trinajstić information content (AvgIpc) is 3.25. The second-order valence-electron chi connectivity index (χ2n) is 5.73. The van der Waals surface area contributed by atoms with Gasteiger partial charge in [0.05, 0.1) is 11.2 Å². The summed E-state index contributed by atoms with van der Waals surface area (Å²) in [6, 6.07) is 9.74. The zero-order chi connectivity index (χ0) is 17.4. The van der Waals surface area contributed by atoms with Gasteiger partial charge in [-0.3, -0.25) is 0 Å². The minimum Gasteiger partial charge on any atom is -0.324 e. The predicted octanol–water partition coefficient (Wildman–Crippen LogP) is 3.97. The molecule has 2 aromatic heterocycles. The van der Waals surface area contributed by atoms with Crippen LogP contribution in [0.1, 0.15) is 13.3 Å². The Kier molecular flexibility index (Phi) is 3.76. The largest absolute Gasteiger partial charge is 0.324 e. The van der Waals surface area contributed by atoms with Gasteiger partial charge in [0, 0.05) is 18.2 Å². The Morgan fingerprint density at radius 1 is 1.08 bits per heavy atom. The summed E-state index contributed by atoms with van der Waals surface area (Å²) in [5, 5.41) is 4.09. The molecule has 0 spiro atoms. The molecule has 0 aliphatic heterocycles. The van der Waals surface area contributed by atoms with Crippen LogP contribution in [-0.4, -0.2) is 24.3 Å². The number of aromatic nitrogens is 5. The van der Waals surface area contributed by atoms with Crippen molar-refractivity contribution >= 4 is 11.0 Å². The van der Waals surface area contributed by atoms with E-state index in [2.05, 4.69) is 15.1 Å². The van der Waals surface area contributed by atoms with Gasteiger partial charge in [-0.05, 0) is 36.8 Å². The second-order valence-corrected chi connectivity index (χ2v) is 5.73. The number of hydrogen-bond donors (Lipinski definition) is 0. The summed E-state index contributed by atoms with van der Waals surface area (Å²) < 4.78 is 31.3. The zero-order valence-electron chi connectivity index (χ0n) is 13.5. The maximum Gasteiger partial charge on any atom is 0.153 e. The first kappa shape index (κ1) is 15.4. The number of benzene rings is 2. The van der Waals surface area contributed by atoms with Gasteiger partial charge in [0.25, 0.3) is 0 Å². The number of halogens is 2. The number of aryl methyl sites for hydroxylation is 1. The molecule has 0 aliphatic carbocycles. The highest BCUT2D eigenvalue weighted by Crippen LogP contribution is 2.28. The molecule has 0 bridgehead atoms. The van der Waals surface area contributed by atoms with Crippen molar-refractivity contribution in [3.63, 3.8) is 0 Å². The molecule has 5 nitrogen and oxygen atoms in total. The van der Waals surface area contributed by atoms with Crippen LogP contribution < -0.4 is 0 Å². The Balaban J connectivity index is 1.85. The van der Waals surface area contributed by atoms with Crippen LogP contribution in [0.25, 0.3) is 28.1 Å². The summed E-state index contributed by atoms with van der Waals surface area (Å²) in [6.07, 6.45) is 3.90. The lowest BCUT2D eigenvalue weighted by atomic mass is 10.2. The topological polar surface area (TPSA) is 48.5 Å². The Bertz CT molecular complexity index is 1020. The van der Waals surface area contributed by atoms with Gasteiger partial charge in [0.1, 0.15) is 29.8 Å². The van der Waals surface area contributed by atoms with E-state index in [0.717, 1.165) is 23.7 Å². The molecule has 0 unspecified atom stereocenters. The molecule has 126 valence electrons. The quantitative estimate of drug-likeness (QED) is 0.565. The van der Waals surface area contributed by atoms with Crippen LogP contribution in [0.4, 0.5) is 8.78 Å². The normalized spacial score (nSPS) is 11.3. The summed E-state index contributed by atoms with van der Waals surface area (Å²) in [5.74, 6) is -0.632. The lowest BCUT2D eigenvalue weighted by Crippen LogP contribution is -2.00. The van der Waals surface area contributed by atoms with E-state index in [1.54, 1.807) is 11.0 Å². The molecule has 0 saturated heterocycles. The number of imidazole rings is 1. The second kappa shape index (κ2) is 6.08. The van der Waals surface area contributed by atoms with Gasteiger partial charge < -0.3 is 4.57 Å². The molecule has 7 heteroatoms. The zero-order valence-corrected chi connectivity index (χ0v) is 13.5. The molecule has 0 fully saturated rings. The van der Waals surface area contributed by atoms with E-state index in [9.17, 15) is 8.78 Å². The van der Waals surface area contributed by atoms with Crippen molar-refractivity contribution in [2.45, 2.75) is 19.9 Å². The first-order valence-corrected chi connectivity index (χ1v) is 7.98. The van der Waals surface area contributed by atoms with Gasteiger partial charge in [-0.25, -0.2) is 23.4 Å². The highest BCUT2D eigenvalue weighted by molar-refractivity contribution is 5.81. The third-order valence-corrected chi connectivity index (χ3v) is 4.03. The van der Waals surface area contributed by atoms with Crippen LogP contribution in [0.3, 0.4) is 0 Å². The number of rotatable bonds is 4. The number of hydrogen-bond acceptors (Lipinski definition) is 3. The van der Waals surface area contributed by atoms with E-state index >= 15 is 0 Å². The summed E-state index contributed by atoms with van der Waals surface area (Å²) in [7, 11) is 0. The Hall–Kier alpha value is -3.09. The first-order chi connectivity index (χ1) is 12.2. The maximum atomic E-state index is 14.1. The summed E-state index contributed by atoms with van der Waals surface area (Å²) in [5.41, 5.74) is 2.34. The molecule has 2 aromatic carbocycles. The molecule has 4 aromatic rings. The van der Waals surface area contributed by atoms with Crippen LogP contribution in [0.15, 0.2) is 49.1 Å². The Morgan fingerprint density at radius 2 is 1.88 bits per heavy atom. The van der Waals surface area contributed by atoms with Gasteiger partial charge in [-0.2, -0.15) is 5.10 Å². The van der Waals surface area contributed by atoms with Crippen molar-refractivity contribution in [3.8, 4) is 17.1 Å². The minimum atomic E-state index is -0.648. The number of fused-ring (bicyclic) bond motifs is 1. The molecular formula is C18H15F2N5. The summed E-state index contributed by atoms with van der Waals surface area (Å²) >= 11 is 0. The predicted molar refractivity (Wildman–Crippen MR) is 90.3 cm³/mol. The van der Waals surface area contributed by atoms with Crippen LogP contribution >= 0.6 is 0 Å². The molecule has 4 rings (SSSR count).